The fraction of sp³-hybridized carbons (Fsp3) is 0.348. The molecule has 1 aliphatic heterocycles. The van der Waals surface area contributed by atoms with Crippen LogP contribution in [0.2, 0.25) is 0 Å². The van der Waals surface area contributed by atoms with Crippen molar-refractivity contribution in [3.63, 3.8) is 0 Å². The van der Waals surface area contributed by atoms with Gasteiger partial charge in [0.1, 0.15) is 12.4 Å². The fourth-order valence-corrected chi connectivity index (χ4v) is 3.08. The van der Waals surface area contributed by atoms with Crippen molar-refractivity contribution in [1.82, 2.24) is 10.2 Å². The molecule has 5 nitrogen and oxygen atoms in total. The lowest BCUT2D eigenvalue weighted by Crippen LogP contribution is -2.47. The number of nitrogens with zero attached hydrogens (tertiary/aromatic N) is 1. The molecule has 3 rings (SSSR count). The van der Waals surface area contributed by atoms with Crippen LogP contribution in [-0.4, -0.2) is 49.7 Å². The van der Waals surface area contributed by atoms with E-state index in [2.05, 4.69) is 17.1 Å². The van der Waals surface area contributed by atoms with E-state index in [9.17, 15) is 4.79 Å². The molecule has 1 heterocycles. The van der Waals surface area contributed by atoms with Crippen molar-refractivity contribution in [2.45, 2.75) is 19.6 Å². The minimum Gasteiger partial charge on any atom is -0.489 e. The monoisotopic (exact) mass is 380 g/mol. The number of carbonyl (C=O) groups is 1. The Balaban J connectivity index is 1.46. The molecule has 1 atom stereocenters. The number of carbonyl (C=O) groups excluding carboxylic acids is 1. The summed E-state index contributed by atoms with van der Waals surface area (Å²) in [4.78, 5) is 14.5. The van der Waals surface area contributed by atoms with Crippen molar-refractivity contribution < 1.29 is 14.3 Å². The van der Waals surface area contributed by atoms with Crippen molar-refractivity contribution in [1.29, 1.82) is 0 Å². The molecule has 1 amide bonds. The maximum absolute atomic E-state index is 12.1. The summed E-state index contributed by atoms with van der Waals surface area (Å²) in [5.74, 6) is 0.697. The van der Waals surface area contributed by atoms with Crippen LogP contribution in [0, 0.1) is 0 Å². The van der Waals surface area contributed by atoms with Crippen LogP contribution >= 0.6 is 0 Å². The number of ether oxygens (including phenoxy) is 2. The third-order valence-corrected chi connectivity index (χ3v) is 4.77. The number of hydrogen-bond acceptors (Lipinski definition) is 4. The third-order valence-electron chi connectivity index (χ3n) is 4.77. The van der Waals surface area contributed by atoms with Gasteiger partial charge in [-0.1, -0.05) is 42.5 Å². The Morgan fingerprint density at radius 2 is 1.96 bits per heavy atom. The van der Waals surface area contributed by atoms with Crippen molar-refractivity contribution in [2.24, 2.45) is 0 Å². The van der Waals surface area contributed by atoms with Crippen molar-refractivity contribution >= 4 is 12.0 Å². The Morgan fingerprint density at radius 1 is 1.18 bits per heavy atom. The molecule has 2 aromatic rings. The summed E-state index contributed by atoms with van der Waals surface area (Å²) < 4.78 is 11.2. The highest BCUT2D eigenvalue weighted by Gasteiger charge is 2.16. The normalized spacial score (nSPS) is 16.0. The molecule has 28 heavy (non-hydrogen) atoms. The van der Waals surface area contributed by atoms with Crippen LogP contribution in [0.4, 0.5) is 0 Å². The lowest BCUT2D eigenvalue weighted by atomic mass is 10.2. The molecule has 1 fully saturated rings. The zero-order chi connectivity index (χ0) is 19.6. The average Bonchev–Trinajstić information content (AvgIpc) is 2.76. The molecular weight excluding hydrogens is 352 g/mol. The van der Waals surface area contributed by atoms with Crippen LogP contribution in [0.3, 0.4) is 0 Å². The Morgan fingerprint density at radius 3 is 2.75 bits per heavy atom. The summed E-state index contributed by atoms with van der Waals surface area (Å²) in [6, 6.07) is 18.1. The van der Waals surface area contributed by atoms with Gasteiger partial charge in [-0.05, 0) is 36.3 Å². The summed E-state index contributed by atoms with van der Waals surface area (Å²) in [5, 5.41) is 2.97. The molecule has 0 aromatic heterocycles. The maximum Gasteiger partial charge on any atom is 0.244 e. The van der Waals surface area contributed by atoms with Gasteiger partial charge in [0.2, 0.25) is 5.91 Å². The molecule has 2 aromatic carbocycles. The molecular formula is C23H28N2O3. The van der Waals surface area contributed by atoms with Gasteiger partial charge >= 0.3 is 0 Å². The first-order valence-corrected chi connectivity index (χ1v) is 9.75. The van der Waals surface area contributed by atoms with Crippen LogP contribution < -0.4 is 10.1 Å². The summed E-state index contributed by atoms with van der Waals surface area (Å²) in [7, 11) is 0. The second kappa shape index (κ2) is 10.6. The maximum atomic E-state index is 12.1. The molecule has 0 radical (unpaired) electrons. The second-order valence-corrected chi connectivity index (χ2v) is 6.92. The number of benzene rings is 2. The van der Waals surface area contributed by atoms with Crippen LogP contribution in [0.1, 0.15) is 18.1 Å². The summed E-state index contributed by atoms with van der Waals surface area (Å²) in [5.41, 5.74) is 2.05. The molecule has 1 N–H and O–H groups in total. The second-order valence-electron chi connectivity index (χ2n) is 6.92. The van der Waals surface area contributed by atoms with E-state index < -0.39 is 0 Å². The highest BCUT2D eigenvalue weighted by molar-refractivity contribution is 5.91. The van der Waals surface area contributed by atoms with Gasteiger partial charge in [0.25, 0.3) is 0 Å². The molecule has 1 unspecified atom stereocenters. The average molecular weight is 380 g/mol. The van der Waals surface area contributed by atoms with E-state index in [1.165, 1.54) is 0 Å². The van der Waals surface area contributed by atoms with Gasteiger partial charge in [0.15, 0.2) is 0 Å². The van der Waals surface area contributed by atoms with E-state index in [-0.39, 0.29) is 5.91 Å². The first kappa shape index (κ1) is 20.1. The van der Waals surface area contributed by atoms with Crippen molar-refractivity contribution in [3.8, 4) is 5.75 Å². The molecule has 0 spiro atoms. The largest absolute Gasteiger partial charge is 0.489 e. The zero-order valence-corrected chi connectivity index (χ0v) is 16.3. The molecule has 0 saturated carbocycles. The highest BCUT2D eigenvalue weighted by Crippen LogP contribution is 2.16. The minimum atomic E-state index is -0.0873. The Bertz CT molecular complexity index is 770. The summed E-state index contributed by atoms with van der Waals surface area (Å²) >= 11 is 0. The third kappa shape index (κ3) is 6.51. The number of morpholine rings is 1. The van der Waals surface area contributed by atoms with Crippen molar-refractivity contribution in [2.75, 3.05) is 32.8 Å². The standard InChI is InChI=1S/C23H28N2O3/c1-19(25-12-14-27-15-13-25)17-24-23(26)11-10-20-8-5-9-22(16-20)28-18-21-6-3-2-4-7-21/h2-11,16,19H,12-15,17-18H2,1H3,(H,24,26)/b11-10+. The quantitative estimate of drug-likeness (QED) is 0.715. The van der Waals surface area contributed by atoms with E-state index in [1.807, 2.05) is 60.7 Å². The smallest absolute Gasteiger partial charge is 0.244 e. The molecule has 1 saturated heterocycles. The van der Waals surface area contributed by atoms with E-state index in [4.69, 9.17) is 9.47 Å². The van der Waals surface area contributed by atoms with Gasteiger partial charge in [-0.25, -0.2) is 0 Å². The summed E-state index contributed by atoms with van der Waals surface area (Å²) in [6.45, 7) is 6.65. The van der Waals surface area contributed by atoms with E-state index in [0.29, 0.717) is 19.2 Å². The predicted molar refractivity (Wildman–Crippen MR) is 111 cm³/mol. The number of nitrogens with one attached hydrogen (secondary N) is 1. The van der Waals surface area contributed by atoms with Gasteiger partial charge in [0.05, 0.1) is 13.2 Å². The number of amides is 1. The van der Waals surface area contributed by atoms with Gasteiger partial charge in [0, 0.05) is 31.8 Å². The Hall–Kier alpha value is -2.63. The van der Waals surface area contributed by atoms with E-state index in [1.54, 1.807) is 6.08 Å². The number of hydrogen-bond donors (Lipinski definition) is 1. The van der Waals surface area contributed by atoms with Crippen LogP contribution in [0.25, 0.3) is 6.08 Å². The van der Waals surface area contributed by atoms with E-state index >= 15 is 0 Å². The molecule has 1 aliphatic rings. The van der Waals surface area contributed by atoms with Gasteiger partial charge in [-0.15, -0.1) is 0 Å². The van der Waals surface area contributed by atoms with Gasteiger partial charge in [-0.2, -0.15) is 0 Å². The number of rotatable bonds is 8. The van der Waals surface area contributed by atoms with Gasteiger partial charge in [-0.3, -0.25) is 9.69 Å². The zero-order valence-electron chi connectivity index (χ0n) is 16.3. The van der Waals surface area contributed by atoms with Gasteiger partial charge < -0.3 is 14.8 Å². The van der Waals surface area contributed by atoms with E-state index in [0.717, 1.165) is 43.2 Å². The molecule has 148 valence electrons. The van der Waals surface area contributed by atoms with Crippen LogP contribution in [0.15, 0.2) is 60.7 Å². The fourth-order valence-electron chi connectivity index (χ4n) is 3.08. The Kier molecular flexibility index (Phi) is 7.64. The minimum absolute atomic E-state index is 0.0873. The topological polar surface area (TPSA) is 50.8 Å². The first-order valence-electron chi connectivity index (χ1n) is 9.75. The lowest BCUT2D eigenvalue weighted by Gasteiger charge is -2.32. The van der Waals surface area contributed by atoms with Crippen LogP contribution in [0.5, 0.6) is 5.75 Å². The van der Waals surface area contributed by atoms with Crippen molar-refractivity contribution in [3.05, 3.63) is 71.8 Å². The molecule has 0 bridgehead atoms. The summed E-state index contributed by atoms with van der Waals surface area (Å²) in [6.07, 6.45) is 3.38. The lowest BCUT2D eigenvalue weighted by molar-refractivity contribution is -0.116. The highest BCUT2D eigenvalue weighted by atomic mass is 16.5. The SMILES string of the molecule is CC(CNC(=O)/C=C/c1cccc(OCc2ccccc2)c1)N1CCOCC1. The predicted octanol–water partition coefficient (Wildman–Crippen LogP) is 3.12. The first-order chi connectivity index (χ1) is 13.7. The molecule has 0 aliphatic carbocycles. The molecule has 5 heteroatoms. The Labute approximate surface area is 167 Å². The van der Waals surface area contributed by atoms with Crippen LogP contribution in [-0.2, 0) is 16.1 Å².